The summed E-state index contributed by atoms with van der Waals surface area (Å²) in [6.45, 7) is 4.06. The second kappa shape index (κ2) is 9.15. The van der Waals surface area contributed by atoms with Gasteiger partial charge in [0.15, 0.2) is 0 Å². The number of hydrogen-bond acceptors (Lipinski definition) is 5. The number of benzene rings is 1. The van der Waals surface area contributed by atoms with Crippen molar-refractivity contribution in [3.05, 3.63) is 40.8 Å². The fourth-order valence-electron chi connectivity index (χ4n) is 2.46. The van der Waals surface area contributed by atoms with Crippen molar-refractivity contribution in [2.24, 2.45) is 0 Å². The summed E-state index contributed by atoms with van der Waals surface area (Å²) >= 11 is 1.28. The van der Waals surface area contributed by atoms with Crippen LogP contribution in [0.3, 0.4) is 0 Å². The minimum absolute atomic E-state index is 0.156. The van der Waals surface area contributed by atoms with Crippen molar-refractivity contribution in [1.29, 1.82) is 0 Å². The zero-order chi connectivity index (χ0) is 19.1. The van der Waals surface area contributed by atoms with Gasteiger partial charge in [0, 0.05) is 16.9 Å². The molecule has 0 aliphatic carbocycles. The summed E-state index contributed by atoms with van der Waals surface area (Å²) in [5, 5.41) is 11.8. The number of aryl methyl sites for hydroxylation is 1. The Bertz CT molecular complexity index is 798. The fourth-order valence-corrected chi connectivity index (χ4v) is 3.54. The lowest BCUT2D eigenvalue weighted by molar-refractivity contribution is -0.138. The molecule has 7 heteroatoms. The van der Waals surface area contributed by atoms with E-state index in [4.69, 9.17) is 9.84 Å². The van der Waals surface area contributed by atoms with Gasteiger partial charge in [0.25, 0.3) is 0 Å². The highest BCUT2D eigenvalue weighted by atomic mass is 32.1. The normalized spacial score (nSPS) is 10.4. The number of aliphatic carboxylic acids is 1. The number of ether oxygens (including phenoxy) is 1. The summed E-state index contributed by atoms with van der Waals surface area (Å²) < 4.78 is 5.30. The van der Waals surface area contributed by atoms with Gasteiger partial charge in [0.05, 0.1) is 13.0 Å². The third-order valence-corrected chi connectivity index (χ3v) is 4.63. The summed E-state index contributed by atoms with van der Waals surface area (Å²) in [7, 11) is 0. The number of carbonyl (C=O) groups is 3. The lowest BCUT2D eigenvalue weighted by Gasteiger charge is -2.09. The Morgan fingerprint density at radius 3 is 2.46 bits per heavy atom. The molecule has 0 saturated heterocycles. The molecular weight excluding hydrogens is 354 g/mol. The van der Waals surface area contributed by atoms with Crippen LogP contribution in [0.4, 0.5) is 5.00 Å². The molecule has 138 valence electrons. The lowest BCUT2D eigenvalue weighted by Crippen LogP contribution is -2.15. The highest BCUT2D eigenvalue weighted by molar-refractivity contribution is 7.17. The van der Waals surface area contributed by atoms with E-state index < -0.39 is 17.8 Å². The van der Waals surface area contributed by atoms with Gasteiger partial charge >= 0.3 is 11.9 Å². The van der Waals surface area contributed by atoms with E-state index in [1.807, 2.05) is 44.2 Å². The lowest BCUT2D eigenvalue weighted by atomic mass is 10.0. The van der Waals surface area contributed by atoms with Crippen LogP contribution < -0.4 is 5.32 Å². The summed E-state index contributed by atoms with van der Waals surface area (Å²) in [5.74, 6) is -1.99. The molecule has 0 aliphatic heterocycles. The van der Waals surface area contributed by atoms with Crippen molar-refractivity contribution in [3.8, 4) is 11.1 Å². The summed E-state index contributed by atoms with van der Waals surface area (Å²) in [6.07, 6.45) is 0.267. The second-order valence-corrected chi connectivity index (χ2v) is 6.91. The number of carboxylic acids is 1. The Balaban J connectivity index is 2.39. The van der Waals surface area contributed by atoms with Crippen LogP contribution in [0.1, 0.15) is 41.4 Å². The first kappa shape index (κ1) is 19.7. The summed E-state index contributed by atoms with van der Waals surface area (Å²) in [6, 6.07) is 9.41. The van der Waals surface area contributed by atoms with E-state index in [9.17, 15) is 14.4 Å². The molecule has 0 bridgehead atoms. The first-order valence-corrected chi connectivity index (χ1v) is 9.13. The molecule has 1 amide bonds. The van der Waals surface area contributed by atoms with Crippen molar-refractivity contribution in [3.63, 3.8) is 0 Å². The molecule has 0 spiro atoms. The summed E-state index contributed by atoms with van der Waals surface area (Å²) in [4.78, 5) is 36.2. The van der Waals surface area contributed by atoms with E-state index in [0.29, 0.717) is 17.0 Å². The topological polar surface area (TPSA) is 92.7 Å². The van der Waals surface area contributed by atoms with Gasteiger partial charge in [-0.2, -0.15) is 0 Å². The predicted molar refractivity (Wildman–Crippen MR) is 101 cm³/mol. The van der Waals surface area contributed by atoms with Gasteiger partial charge < -0.3 is 15.2 Å². The number of carbonyl (C=O) groups excluding carboxylic acids is 2. The van der Waals surface area contributed by atoms with Crippen molar-refractivity contribution in [2.75, 3.05) is 11.9 Å². The van der Waals surface area contributed by atoms with Crippen LogP contribution in [-0.2, 0) is 14.3 Å². The van der Waals surface area contributed by atoms with E-state index in [2.05, 4.69) is 5.32 Å². The molecule has 1 aromatic heterocycles. The van der Waals surface area contributed by atoms with Crippen LogP contribution in [0.5, 0.6) is 0 Å². The maximum absolute atomic E-state index is 12.6. The number of amides is 1. The van der Waals surface area contributed by atoms with Gasteiger partial charge in [0.2, 0.25) is 5.91 Å². The first-order chi connectivity index (χ1) is 12.4. The predicted octanol–water partition coefficient (Wildman–Crippen LogP) is 4.09. The molecule has 2 rings (SSSR count). The third kappa shape index (κ3) is 4.92. The first-order valence-electron chi connectivity index (χ1n) is 8.31. The number of hydrogen-bond donors (Lipinski definition) is 2. The molecule has 0 radical (unpaired) electrons. The van der Waals surface area contributed by atoms with Gasteiger partial charge in [-0.05, 0) is 18.9 Å². The largest absolute Gasteiger partial charge is 0.481 e. The molecular formula is C19H21NO5S. The molecule has 0 aliphatic rings. The van der Waals surface area contributed by atoms with Crippen LogP contribution in [-0.4, -0.2) is 29.6 Å². The molecule has 6 nitrogen and oxygen atoms in total. The van der Waals surface area contributed by atoms with E-state index in [-0.39, 0.29) is 19.4 Å². The Kier molecular flexibility index (Phi) is 6.91. The number of rotatable bonds is 8. The second-order valence-electron chi connectivity index (χ2n) is 5.68. The molecule has 2 N–H and O–H groups in total. The SMILES string of the molecule is CCCOC(=O)c1c(NC(=O)CCC(=O)O)sc(C)c1-c1ccccc1. The smallest absolute Gasteiger partial charge is 0.341 e. The van der Waals surface area contributed by atoms with Gasteiger partial charge in [-0.1, -0.05) is 37.3 Å². The zero-order valence-electron chi connectivity index (χ0n) is 14.7. The molecule has 1 heterocycles. The van der Waals surface area contributed by atoms with E-state index in [1.165, 1.54) is 11.3 Å². The molecule has 26 heavy (non-hydrogen) atoms. The number of anilines is 1. The number of esters is 1. The maximum Gasteiger partial charge on any atom is 0.341 e. The van der Waals surface area contributed by atoms with Crippen LogP contribution in [0, 0.1) is 6.92 Å². The zero-order valence-corrected chi connectivity index (χ0v) is 15.5. The van der Waals surface area contributed by atoms with Gasteiger partial charge in [0.1, 0.15) is 10.6 Å². The molecule has 0 unspecified atom stereocenters. The summed E-state index contributed by atoms with van der Waals surface area (Å²) in [5.41, 5.74) is 1.90. The minimum Gasteiger partial charge on any atom is -0.481 e. The highest BCUT2D eigenvalue weighted by Gasteiger charge is 2.25. The molecule has 2 aromatic rings. The third-order valence-electron chi connectivity index (χ3n) is 3.61. The Morgan fingerprint density at radius 1 is 1.15 bits per heavy atom. The van der Waals surface area contributed by atoms with Crippen LogP contribution in [0.25, 0.3) is 11.1 Å². The van der Waals surface area contributed by atoms with Gasteiger partial charge in [-0.15, -0.1) is 11.3 Å². The number of carboxylic acid groups (broad SMARTS) is 1. The van der Waals surface area contributed by atoms with Crippen molar-refractivity contribution >= 4 is 34.2 Å². The monoisotopic (exact) mass is 375 g/mol. The average molecular weight is 375 g/mol. The minimum atomic E-state index is -1.05. The Hall–Kier alpha value is -2.67. The average Bonchev–Trinajstić information content (AvgIpc) is 2.94. The van der Waals surface area contributed by atoms with Crippen LogP contribution in [0.15, 0.2) is 30.3 Å². The number of thiophene rings is 1. The van der Waals surface area contributed by atoms with E-state index in [1.54, 1.807) is 0 Å². The van der Waals surface area contributed by atoms with Crippen molar-refractivity contribution < 1.29 is 24.2 Å². The molecule has 0 atom stereocenters. The molecule has 1 aromatic carbocycles. The van der Waals surface area contributed by atoms with Crippen molar-refractivity contribution in [1.82, 2.24) is 0 Å². The van der Waals surface area contributed by atoms with Crippen molar-refractivity contribution in [2.45, 2.75) is 33.1 Å². The van der Waals surface area contributed by atoms with Crippen LogP contribution in [0.2, 0.25) is 0 Å². The number of nitrogens with one attached hydrogen (secondary N) is 1. The highest BCUT2D eigenvalue weighted by Crippen LogP contribution is 2.40. The molecule has 0 fully saturated rings. The van der Waals surface area contributed by atoms with Gasteiger partial charge in [-0.25, -0.2) is 4.79 Å². The quantitative estimate of drug-likeness (QED) is 0.678. The standard InChI is InChI=1S/C19H21NO5S/c1-3-11-25-19(24)17-16(13-7-5-4-6-8-13)12(2)26-18(17)20-14(21)9-10-15(22)23/h4-8H,3,9-11H2,1-2H3,(H,20,21)(H,22,23). The molecule has 0 saturated carbocycles. The Labute approximate surface area is 155 Å². The maximum atomic E-state index is 12.6. The van der Waals surface area contributed by atoms with E-state index in [0.717, 1.165) is 16.0 Å². The fraction of sp³-hybridized carbons (Fsp3) is 0.316. The van der Waals surface area contributed by atoms with E-state index >= 15 is 0 Å². The van der Waals surface area contributed by atoms with Gasteiger partial charge in [-0.3, -0.25) is 9.59 Å². The Morgan fingerprint density at radius 2 is 1.85 bits per heavy atom. The van der Waals surface area contributed by atoms with Crippen LogP contribution >= 0.6 is 11.3 Å².